The minimum atomic E-state index is -0.0341. The summed E-state index contributed by atoms with van der Waals surface area (Å²) in [5.74, 6) is 1.19. The number of rotatable bonds is 8. The van der Waals surface area contributed by atoms with Crippen molar-refractivity contribution in [2.75, 3.05) is 38.8 Å². The van der Waals surface area contributed by atoms with Crippen LogP contribution in [0.1, 0.15) is 63.1 Å². The molecule has 0 bridgehead atoms. The van der Waals surface area contributed by atoms with Crippen LogP contribution in [0.4, 0.5) is 11.4 Å². The van der Waals surface area contributed by atoms with E-state index in [1.807, 2.05) is 30.3 Å². The van der Waals surface area contributed by atoms with Gasteiger partial charge in [-0.05, 0) is 110 Å². The number of thioether (sulfide) groups is 1. The lowest BCUT2D eigenvalue weighted by atomic mass is 9.79. The number of aryl methyl sites for hydroxylation is 1. The first-order valence-electron chi connectivity index (χ1n) is 13.0. The fourth-order valence-corrected chi connectivity index (χ4v) is 6.35. The maximum absolute atomic E-state index is 13.5. The molecule has 1 saturated heterocycles. The Labute approximate surface area is 225 Å². The maximum atomic E-state index is 13.5. The molecule has 0 radical (unpaired) electrons. The number of benzene rings is 2. The Hall–Kier alpha value is -2.77. The molecular weight excluding hydrogens is 482 g/mol. The van der Waals surface area contributed by atoms with Crippen LogP contribution in [0.15, 0.2) is 46.3 Å². The summed E-state index contributed by atoms with van der Waals surface area (Å²) in [4.78, 5) is 23.2. The van der Waals surface area contributed by atoms with E-state index in [4.69, 9.17) is 14.5 Å². The molecule has 1 atom stereocenters. The van der Waals surface area contributed by atoms with Crippen LogP contribution in [-0.4, -0.2) is 55.4 Å². The number of methoxy groups -OCH3 is 2. The smallest absolute Gasteiger partial charge is 0.266 e. The van der Waals surface area contributed by atoms with E-state index in [2.05, 4.69) is 51.7 Å². The van der Waals surface area contributed by atoms with E-state index in [1.165, 1.54) is 28.6 Å². The summed E-state index contributed by atoms with van der Waals surface area (Å²) >= 11 is 1.42. The van der Waals surface area contributed by atoms with Gasteiger partial charge in [0.1, 0.15) is 5.75 Å². The summed E-state index contributed by atoms with van der Waals surface area (Å²) in [5, 5.41) is 0.665. The van der Waals surface area contributed by atoms with Crippen molar-refractivity contribution in [3.63, 3.8) is 0 Å². The lowest BCUT2D eigenvalue weighted by Gasteiger charge is -2.48. The van der Waals surface area contributed by atoms with Gasteiger partial charge in [-0.2, -0.15) is 0 Å². The van der Waals surface area contributed by atoms with Crippen LogP contribution in [0.2, 0.25) is 0 Å². The monoisotopic (exact) mass is 521 g/mol. The Morgan fingerprint density at radius 2 is 1.89 bits per heavy atom. The van der Waals surface area contributed by atoms with Crippen molar-refractivity contribution in [1.82, 2.24) is 4.90 Å². The van der Waals surface area contributed by atoms with Gasteiger partial charge in [-0.15, -0.1) is 0 Å². The summed E-state index contributed by atoms with van der Waals surface area (Å²) in [5.41, 5.74) is 5.87. The van der Waals surface area contributed by atoms with E-state index in [-0.39, 0.29) is 11.4 Å². The quantitative estimate of drug-likeness (QED) is 0.360. The molecule has 2 heterocycles. The number of ether oxygens (including phenoxy) is 2. The first-order valence-corrected chi connectivity index (χ1v) is 13.9. The summed E-state index contributed by atoms with van der Waals surface area (Å²) in [6.07, 6.45) is 4.26. The van der Waals surface area contributed by atoms with Crippen LogP contribution in [0.3, 0.4) is 0 Å². The number of carbonyl (C=O) groups excluding carboxylic acids is 1. The van der Waals surface area contributed by atoms with Gasteiger partial charge in [0.2, 0.25) is 0 Å². The van der Waals surface area contributed by atoms with E-state index in [0.717, 1.165) is 36.4 Å². The van der Waals surface area contributed by atoms with E-state index in [9.17, 15) is 4.79 Å². The van der Waals surface area contributed by atoms with Gasteiger partial charge < -0.3 is 14.4 Å². The number of hydrogen-bond acceptors (Lipinski definition) is 6. The minimum Gasteiger partial charge on any atom is -0.497 e. The topological polar surface area (TPSA) is 54.4 Å². The number of amidine groups is 1. The van der Waals surface area contributed by atoms with Crippen LogP contribution in [-0.2, 0) is 9.53 Å². The molecule has 1 unspecified atom stereocenters. The fraction of sp³-hybridized carbons (Fsp3) is 0.467. The van der Waals surface area contributed by atoms with Crippen molar-refractivity contribution >= 4 is 40.3 Å². The molecule has 0 spiro atoms. The van der Waals surface area contributed by atoms with Crippen molar-refractivity contribution in [1.29, 1.82) is 0 Å². The number of carbonyl (C=O) groups is 1. The van der Waals surface area contributed by atoms with Gasteiger partial charge in [0, 0.05) is 24.9 Å². The lowest BCUT2D eigenvalue weighted by Crippen LogP contribution is -2.48. The molecule has 0 N–H and O–H groups in total. The van der Waals surface area contributed by atoms with Gasteiger partial charge >= 0.3 is 0 Å². The van der Waals surface area contributed by atoms with Crippen molar-refractivity contribution in [2.45, 2.75) is 58.9 Å². The SMILES string of the molecule is CCCN1c2cc(C)c(/C=C3/SC(=Nc4ccc(OC)cc4)N(CCOC)C3=O)cc2C(C)CC1(C)C. The highest BCUT2D eigenvalue weighted by molar-refractivity contribution is 8.18. The standard InChI is InChI=1S/C30H39N3O3S/c1-8-13-33-26-16-20(2)22(17-25(26)21(3)19-30(33,4)5)18-27-28(34)32(14-15-35-6)29(37-27)31-23-9-11-24(36-7)12-10-23/h9-12,16-18,21H,8,13-15,19H2,1-7H3/b27-18+,31-29?. The highest BCUT2D eigenvalue weighted by Crippen LogP contribution is 2.45. The van der Waals surface area contributed by atoms with Crippen molar-refractivity contribution in [2.24, 2.45) is 4.99 Å². The molecule has 0 aliphatic carbocycles. The van der Waals surface area contributed by atoms with Crippen LogP contribution in [0, 0.1) is 6.92 Å². The molecule has 1 amide bonds. The molecule has 6 nitrogen and oxygen atoms in total. The number of aliphatic imine (C=N–C) groups is 1. The third-order valence-corrected chi connectivity index (χ3v) is 8.22. The van der Waals surface area contributed by atoms with E-state index < -0.39 is 0 Å². The number of fused-ring (bicyclic) bond motifs is 1. The van der Waals surface area contributed by atoms with Crippen molar-refractivity contribution in [3.05, 3.63) is 58.0 Å². The number of amides is 1. The Balaban J connectivity index is 1.70. The zero-order chi connectivity index (χ0) is 26.7. The second-order valence-corrected chi connectivity index (χ2v) is 11.5. The molecule has 0 saturated carbocycles. The number of nitrogens with zero attached hydrogens (tertiary/aromatic N) is 3. The van der Waals surface area contributed by atoms with Gasteiger partial charge in [0.25, 0.3) is 5.91 Å². The third-order valence-electron chi connectivity index (χ3n) is 7.21. The Bertz CT molecular complexity index is 1200. The van der Waals surface area contributed by atoms with Gasteiger partial charge in [-0.1, -0.05) is 13.8 Å². The molecule has 198 valence electrons. The van der Waals surface area contributed by atoms with E-state index in [0.29, 0.717) is 29.1 Å². The number of anilines is 1. The first kappa shape index (κ1) is 27.3. The Kier molecular flexibility index (Phi) is 8.34. The molecule has 7 heteroatoms. The average Bonchev–Trinajstić information content (AvgIpc) is 3.15. The van der Waals surface area contributed by atoms with Crippen molar-refractivity contribution < 1.29 is 14.3 Å². The molecule has 37 heavy (non-hydrogen) atoms. The molecule has 4 rings (SSSR count). The molecule has 1 fully saturated rings. The Morgan fingerprint density at radius 3 is 2.54 bits per heavy atom. The predicted molar refractivity (Wildman–Crippen MR) is 155 cm³/mol. The molecule has 2 aliphatic rings. The van der Waals surface area contributed by atoms with Gasteiger partial charge in [-0.25, -0.2) is 4.99 Å². The fourth-order valence-electron chi connectivity index (χ4n) is 5.33. The van der Waals surface area contributed by atoms with Crippen LogP contribution >= 0.6 is 11.8 Å². The summed E-state index contributed by atoms with van der Waals surface area (Å²) in [6.45, 7) is 13.3. The zero-order valence-electron chi connectivity index (χ0n) is 23.1. The largest absolute Gasteiger partial charge is 0.497 e. The average molecular weight is 522 g/mol. The van der Waals surface area contributed by atoms with Crippen LogP contribution < -0.4 is 9.64 Å². The minimum absolute atomic E-state index is 0.0341. The Morgan fingerprint density at radius 1 is 1.16 bits per heavy atom. The third kappa shape index (κ3) is 5.73. The zero-order valence-corrected chi connectivity index (χ0v) is 23.9. The second kappa shape index (κ2) is 11.3. The van der Waals surface area contributed by atoms with Crippen molar-refractivity contribution in [3.8, 4) is 5.75 Å². The summed E-state index contributed by atoms with van der Waals surface area (Å²) in [6, 6.07) is 12.1. The normalized spacial score (nSPS) is 21.2. The second-order valence-electron chi connectivity index (χ2n) is 10.5. The lowest BCUT2D eigenvalue weighted by molar-refractivity contribution is -0.122. The maximum Gasteiger partial charge on any atom is 0.266 e. The molecule has 2 aliphatic heterocycles. The highest BCUT2D eigenvalue weighted by Gasteiger charge is 2.37. The first-order chi connectivity index (χ1) is 17.7. The van der Waals surface area contributed by atoms with Gasteiger partial charge in [0.05, 0.1) is 30.9 Å². The molecule has 0 aromatic heterocycles. The summed E-state index contributed by atoms with van der Waals surface area (Å²) < 4.78 is 10.5. The molecule has 2 aromatic rings. The van der Waals surface area contributed by atoms with Gasteiger partial charge in [0.15, 0.2) is 5.17 Å². The predicted octanol–water partition coefficient (Wildman–Crippen LogP) is 6.76. The van der Waals surface area contributed by atoms with Crippen LogP contribution in [0.5, 0.6) is 5.75 Å². The molecule has 2 aromatic carbocycles. The number of hydrogen-bond donors (Lipinski definition) is 0. The van der Waals surface area contributed by atoms with E-state index >= 15 is 0 Å². The molecular formula is C30H39N3O3S. The highest BCUT2D eigenvalue weighted by atomic mass is 32.2. The van der Waals surface area contributed by atoms with Gasteiger partial charge in [-0.3, -0.25) is 9.69 Å². The van der Waals surface area contributed by atoms with E-state index in [1.54, 1.807) is 19.1 Å². The summed E-state index contributed by atoms with van der Waals surface area (Å²) in [7, 11) is 3.28. The van der Waals surface area contributed by atoms with Crippen LogP contribution in [0.25, 0.3) is 6.08 Å².